The van der Waals surface area contributed by atoms with Gasteiger partial charge in [0.15, 0.2) is 0 Å². The van der Waals surface area contributed by atoms with Crippen molar-refractivity contribution >= 4 is 0 Å². The molecule has 3 heteroatoms. The monoisotopic (exact) mass is 256 g/mol. The van der Waals surface area contributed by atoms with Crippen molar-refractivity contribution in [3.8, 4) is 0 Å². The van der Waals surface area contributed by atoms with Gasteiger partial charge in [0, 0.05) is 31.8 Å². The molecular weight excluding hydrogens is 224 g/mol. The van der Waals surface area contributed by atoms with Crippen LogP contribution in [0.4, 0.5) is 0 Å². The molecule has 0 aliphatic heterocycles. The molecule has 18 heavy (non-hydrogen) atoms. The highest BCUT2D eigenvalue weighted by Gasteiger charge is 2.29. The Kier molecular flexibility index (Phi) is 7.20. The first kappa shape index (κ1) is 15.9. The van der Waals surface area contributed by atoms with E-state index in [4.69, 9.17) is 5.11 Å². The molecule has 0 heterocycles. The number of aliphatic hydroxyl groups is 1. The van der Waals surface area contributed by atoms with Crippen LogP contribution in [0.25, 0.3) is 0 Å². The van der Waals surface area contributed by atoms with Gasteiger partial charge in [0.2, 0.25) is 0 Å². The summed E-state index contributed by atoms with van der Waals surface area (Å²) in [6.07, 6.45) is 4.91. The first-order valence-electron chi connectivity index (χ1n) is 7.60. The zero-order valence-electron chi connectivity index (χ0n) is 12.7. The largest absolute Gasteiger partial charge is 0.396 e. The van der Waals surface area contributed by atoms with Gasteiger partial charge < -0.3 is 15.3 Å². The second-order valence-corrected chi connectivity index (χ2v) is 6.24. The Morgan fingerprint density at radius 3 is 2.61 bits per heavy atom. The van der Waals surface area contributed by atoms with Crippen LogP contribution < -0.4 is 5.32 Å². The smallest absolute Gasteiger partial charge is 0.0443 e. The second-order valence-electron chi connectivity index (χ2n) is 6.24. The zero-order valence-corrected chi connectivity index (χ0v) is 12.7. The molecule has 1 fully saturated rings. The SMILES string of the molecule is CNC1CCC(C)CC1CN(CCCO)C(C)C. The molecule has 1 saturated carbocycles. The quantitative estimate of drug-likeness (QED) is 0.732. The summed E-state index contributed by atoms with van der Waals surface area (Å²) in [5.41, 5.74) is 0. The fourth-order valence-corrected chi connectivity index (χ4v) is 3.22. The Balaban J connectivity index is 2.53. The van der Waals surface area contributed by atoms with Crippen molar-refractivity contribution in [1.29, 1.82) is 0 Å². The fourth-order valence-electron chi connectivity index (χ4n) is 3.22. The summed E-state index contributed by atoms with van der Waals surface area (Å²) < 4.78 is 0. The van der Waals surface area contributed by atoms with E-state index in [1.807, 2.05) is 0 Å². The van der Waals surface area contributed by atoms with Crippen LogP contribution in [-0.4, -0.2) is 48.8 Å². The molecule has 0 aromatic carbocycles. The molecule has 0 spiro atoms. The summed E-state index contributed by atoms with van der Waals surface area (Å²) in [4.78, 5) is 2.53. The van der Waals surface area contributed by atoms with Gasteiger partial charge in [-0.25, -0.2) is 0 Å². The molecule has 2 N–H and O–H groups in total. The fraction of sp³-hybridized carbons (Fsp3) is 1.00. The lowest BCUT2D eigenvalue weighted by atomic mass is 9.78. The van der Waals surface area contributed by atoms with Crippen molar-refractivity contribution in [3.05, 3.63) is 0 Å². The van der Waals surface area contributed by atoms with Gasteiger partial charge in [-0.2, -0.15) is 0 Å². The van der Waals surface area contributed by atoms with Crippen LogP contribution in [0.15, 0.2) is 0 Å². The number of nitrogens with one attached hydrogen (secondary N) is 1. The first-order valence-corrected chi connectivity index (χ1v) is 7.60. The number of nitrogens with zero attached hydrogens (tertiary/aromatic N) is 1. The lowest BCUT2D eigenvalue weighted by molar-refractivity contribution is 0.119. The molecule has 1 aliphatic carbocycles. The molecule has 0 bridgehead atoms. The Hall–Kier alpha value is -0.120. The van der Waals surface area contributed by atoms with E-state index in [0.717, 1.165) is 24.8 Å². The topological polar surface area (TPSA) is 35.5 Å². The Morgan fingerprint density at radius 1 is 1.33 bits per heavy atom. The Bertz CT molecular complexity index is 221. The van der Waals surface area contributed by atoms with Gasteiger partial charge in [0.25, 0.3) is 0 Å². The number of rotatable bonds is 7. The lowest BCUT2D eigenvalue weighted by Crippen LogP contribution is -2.46. The van der Waals surface area contributed by atoms with Crippen LogP contribution in [0, 0.1) is 11.8 Å². The van der Waals surface area contributed by atoms with Crippen molar-refractivity contribution in [1.82, 2.24) is 10.2 Å². The molecule has 0 aromatic rings. The predicted molar refractivity (Wildman–Crippen MR) is 77.8 cm³/mol. The van der Waals surface area contributed by atoms with Gasteiger partial charge >= 0.3 is 0 Å². The van der Waals surface area contributed by atoms with E-state index >= 15 is 0 Å². The van der Waals surface area contributed by atoms with Crippen molar-refractivity contribution < 1.29 is 5.11 Å². The number of aliphatic hydroxyl groups excluding tert-OH is 1. The van der Waals surface area contributed by atoms with E-state index < -0.39 is 0 Å². The summed E-state index contributed by atoms with van der Waals surface area (Å²) in [7, 11) is 2.10. The molecule has 0 amide bonds. The summed E-state index contributed by atoms with van der Waals surface area (Å²) in [5, 5.41) is 12.5. The molecule has 0 saturated heterocycles. The standard InChI is InChI=1S/C15H32N2O/c1-12(2)17(8-5-9-18)11-14-10-13(3)6-7-15(14)16-4/h12-16,18H,5-11H2,1-4H3. The third kappa shape index (κ3) is 4.87. The van der Waals surface area contributed by atoms with Crippen LogP contribution in [0.5, 0.6) is 0 Å². The summed E-state index contributed by atoms with van der Waals surface area (Å²) in [5.74, 6) is 1.63. The minimum Gasteiger partial charge on any atom is -0.396 e. The van der Waals surface area contributed by atoms with Gasteiger partial charge in [-0.1, -0.05) is 6.92 Å². The van der Waals surface area contributed by atoms with Crippen molar-refractivity contribution in [2.45, 2.75) is 58.5 Å². The molecular formula is C15H32N2O. The molecule has 3 unspecified atom stereocenters. The van der Waals surface area contributed by atoms with Crippen molar-refractivity contribution in [2.75, 3.05) is 26.7 Å². The maximum absolute atomic E-state index is 9.00. The number of hydrogen-bond acceptors (Lipinski definition) is 3. The van der Waals surface area contributed by atoms with Crippen LogP contribution in [0.1, 0.15) is 46.5 Å². The van der Waals surface area contributed by atoms with Crippen LogP contribution in [0.3, 0.4) is 0 Å². The lowest BCUT2D eigenvalue weighted by Gasteiger charge is -2.39. The number of hydrogen-bond donors (Lipinski definition) is 2. The second kappa shape index (κ2) is 8.13. The first-order chi connectivity index (χ1) is 8.58. The van der Waals surface area contributed by atoms with Gasteiger partial charge in [-0.15, -0.1) is 0 Å². The van der Waals surface area contributed by atoms with Gasteiger partial charge in [-0.3, -0.25) is 0 Å². The summed E-state index contributed by atoms with van der Waals surface area (Å²) in [6.45, 7) is 9.41. The van der Waals surface area contributed by atoms with E-state index in [1.54, 1.807) is 0 Å². The Labute approximate surface area is 113 Å². The maximum atomic E-state index is 9.00. The highest BCUT2D eigenvalue weighted by atomic mass is 16.3. The molecule has 0 aromatic heterocycles. The zero-order chi connectivity index (χ0) is 13.5. The van der Waals surface area contributed by atoms with Crippen LogP contribution >= 0.6 is 0 Å². The van der Waals surface area contributed by atoms with E-state index in [0.29, 0.717) is 18.7 Å². The third-order valence-electron chi connectivity index (χ3n) is 4.42. The molecule has 108 valence electrons. The highest BCUT2D eigenvalue weighted by Crippen LogP contribution is 2.30. The minimum atomic E-state index is 0.305. The summed E-state index contributed by atoms with van der Waals surface area (Å²) >= 11 is 0. The van der Waals surface area contributed by atoms with Crippen molar-refractivity contribution in [3.63, 3.8) is 0 Å². The van der Waals surface area contributed by atoms with E-state index in [9.17, 15) is 0 Å². The average Bonchev–Trinajstić information content (AvgIpc) is 2.34. The maximum Gasteiger partial charge on any atom is 0.0443 e. The van der Waals surface area contributed by atoms with E-state index in [-0.39, 0.29) is 0 Å². The van der Waals surface area contributed by atoms with Crippen LogP contribution in [-0.2, 0) is 0 Å². The van der Waals surface area contributed by atoms with E-state index in [2.05, 4.69) is 38.0 Å². The highest BCUT2D eigenvalue weighted by molar-refractivity contribution is 4.85. The van der Waals surface area contributed by atoms with Gasteiger partial charge in [0.1, 0.15) is 0 Å². The molecule has 3 atom stereocenters. The van der Waals surface area contributed by atoms with Gasteiger partial charge in [-0.05, 0) is 58.4 Å². The summed E-state index contributed by atoms with van der Waals surface area (Å²) in [6, 6.07) is 1.25. The molecule has 3 nitrogen and oxygen atoms in total. The molecule has 1 aliphatic rings. The normalized spacial score (nSPS) is 29.2. The molecule has 1 rings (SSSR count). The van der Waals surface area contributed by atoms with Gasteiger partial charge in [0.05, 0.1) is 0 Å². The third-order valence-corrected chi connectivity index (χ3v) is 4.42. The van der Waals surface area contributed by atoms with Crippen molar-refractivity contribution in [2.24, 2.45) is 11.8 Å². The average molecular weight is 256 g/mol. The Morgan fingerprint density at radius 2 is 2.06 bits per heavy atom. The minimum absolute atomic E-state index is 0.305. The van der Waals surface area contributed by atoms with E-state index in [1.165, 1.54) is 25.8 Å². The van der Waals surface area contributed by atoms with Crippen LogP contribution in [0.2, 0.25) is 0 Å². The molecule has 0 radical (unpaired) electrons. The predicted octanol–water partition coefficient (Wildman–Crippen LogP) is 2.10.